The number of likely N-dealkylation sites (tertiary alicyclic amines) is 2. The van der Waals surface area contributed by atoms with Crippen LogP contribution in [-0.2, 0) is 41.4 Å². The minimum atomic E-state index is -0.987. The van der Waals surface area contributed by atoms with Gasteiger partial charge in [-0.25, -0.2) is 19.3 Å². The summed E-state index contributed by atoms with van der Waals surface area (Å²) in [6.07, 6.45) is 9.77. The SMILES string of the molecule is C[C@@H]1CCCCn2ncc(-c3nc(Nc4ccc(N5CC6(CN(Cc7ccc(CN8CCC(O)(c9ccc%10c(c9)CN(C9CCC(=O)NC9=O)C%10=O)CC8)cc7)C6)C5)cn4)ncc3F)c21. The van der Waals surface area contributed by atoms with Gasteiger partial charge in [0.25, 0.3) is 5.91 Å². The number of hydrogen-bond donors (Lipinski definition) is 3. The van der Waals surface area contributed by atoms with Crippen LogP contribution in [0.3, 0.4) is 0 Å². The molecular weight excluding hydrogens is 826 g/mol. The van der Waals surface area contributed by atoms with Crippen LogP contribution in [0.4, 0.5) is 21.8 Å². The predicted molar refractivity (Wildman–Crippen MR) is 240 cm³/mol. The van der Waals surface area contributed by atoms with E-state index < -0.39 is 23.4 Å². The fraction of sp³-hybridized carbons (Fsp3) is 0.449. The highest BCUT2D eigenvalue weighted by Gasteiger charge is 2.51. The summed E-state index contributed by atoms with van der Waals surface area (Å²) in [4.78, 5) is 59.6. The summed E-state index contributed by atoms with van der Waals surface area (Å²) in [5.74, 6) is -0.228. The van der Waals surface area contributed by atoms with E-state index in [0.29, 0.717) is 48.6 Å². The van der Waals surface area contributed by atoms with Crippen molar-refractivity contribution in [1.29, 1.82) is 0 Å². The van der Waals surface area contributed by atoms with Gasteiger partial charge in [-0.1, -0.05) is 49.7 Å². The summed E-state index contributed by atoms with van der Waals surface area (Å²) in [5.41, 5.74) is 7.16. The number of amides is 3. The van der Waals surface area contributed by atoms with Gasteiger partial charge in [0.05, 0.1) is 35.6 Å². The lowest BCUT2D eigenvalue weighted by Crippen LogP contribution is -2.71. The Hall–Kier alpha value is -6.10. The van der Waals surface area contributed by atoms with Crippen molar-refractivity contribution in [3.63, 3.8) is 0 Å². The van der Waals surface area contributed by atoms with Crippen LogP contribution >= 0.6 is 0 Å². The number of carbonyl (C=O) groups excluding carboxylic acids is 3. The first kappa shape index (κ1) is 41.6. The van der Waals surface area contributed by atoms with E-state index >= 15 is 4.39 Å². The predicted octanol–water partition coefficient (Wildman–Crippen LogP) is 5.47. The third kappa shape index (κ3) is 7.95. The Kier molecular flexibility index (Phi) is 10.5. The Labute approximate surface area is 377 Å². The number of rotatable bonds is 10. The molecule has 11 rings (SSSR count). The standard InChI is InChI=1S/C49H54FN11O4/c1-31-4-2-3-17-61-44(31)38(22-53-61)43-39(50)23-52-47(56-43)54-41-13-10-36(21-51-41)59-29-48(30-59)27-58(28-48)25-33-7-5-32(6-8-33)24-57-18-15-49(65,16-19-57)35-9-11-37-34(20-35)26-60(46(37)64)40-12-14-42(62)55-45(40)63/h5-11,13,20-23,31,40,65H,2-4,12,14-19,24-30H2,1H3,(H,55,62,63)(H,51,52,54,56)/t31-,40?/m1/s1. The molecule has 1 unspecified atom stereocenters. The molecule has 4 saturated heterocycles. The first-order valence-corrected chi connectivity index (χ1v) is 23.1. The largest absolute Gasteiger partial charge is 0.385 e. The van der Waals surface area contributed by atoms with E-state index in [4.69, 9.17) is 0 Å². The van der Waals surface area contributed by atoms with Gasteiger partial charge in [-0.3, -0.25) is 34.2 Å². The molecule has 4 fully saturated rings. The molecule has 15 nitrogen and oxygen atoms in total. The van der Waals surface area contributed by atoms with Gasteiger partial charge < -0.3 is 20.2 Å². The van der Waals surface area contributed by atoms with Crippen molar-refractivity contribution in [2.24, 2.45) is 5.41 Å². The number of anilines is 3. The van der Waals surface area contributed by atoms with E-state index in [-0.39, 0.29) is 29.8 Å². The van der Waals surface area contributed by atoms with Crippen LogP contribution in [0.15, 0.2) is 73.2 Å². The normalized spacial score (nSPS) is 22.8. The number of halogens is 1. The van der Waals surface area contributed by atoms with Gasteiger partial charge in [0, 0.05) is 88.4 Å². The fourth-order valence-electron chi connectivity index (χ4n) is 11.2. The molecule has 5 aromatic rings. The Balaban J connectivity index is 0.626. The number of aryl methyl sites for hydroxylation is 1. The Morgan fingerprint density at radius 2 is 1.62 bits per heavy atom. The molecule has 6 aliphatic rings. The summed E-state index contributed by atoms with van der Waals surface area (Å²) in [5, 5.41) is 21.8. The zero-order chi connectivity index (χ0) is 44.5. The molecule has 1 spiro atoms. The number of aliphatic hydroxyl groups is 1. The number of hydrogen-bond acceptors (Lipinski definition) is 12. The van der Waals surface area contributed by atoms with E-state index in [2.05, 4.69) is 82.6 Å². The maximum atomic E-state index is 15.1. The summed E-state index contributed by atoms with van der Waals surface area (Å²) in [6.45, 7) is 10.7. The van der Waals surface area contributed by atoms with Crippen LogP contribution in [0.1, 0.15) is 96.1 Å². The Bertz CT molecular complexity index is 2650. The average Bonchev–Trinajstić information content (AvgIpc) is 3.79. The molecule has 0 saturated carbocycles. The number of benzene rings is 2. The Morgan fingerprint density at radius 3 is 2.35 bits per heavy atom. The van der Waals surface area contributed by atoms with Crippen LogP contribution in [0.5, 0.6) is 0 Å². The number of nitrogens with one attached hydrogen (secondary N) is 2. The number of carbonyl (C=O) groups is 3. The molecule has 336 valence electrons. The third-order valence-corrected chi connectivity index (χ3v) is 14.7. The van der Waals surface area contributed by atoms with Gasteiger partial charge in [0.1, 0.15) is 17.6 Å². The summed E-state index contributed by atoms with van der Waals surface area (Å²) in [6, 6.07) is 17.8. The number of fused-ring (bicyclic) bond motifs is 2. The first-order valence-electron chi connectivity index (χ1n) is 23.1. The lowest BCUT2D eigenvalue weighted by Gasteiger charge is -2.61. The van der Waals surface area contributed by atoms with Crippen molar-refractivity contribution in [3.05, 3.63) is 113 Å². The Morgan fingerprint density at radius 1 is 0.846 bits per heavy atom. The van der Waals surface area contributed by atoms with Crippen molar-refractivity contribution in [3.8, 4) is 11.3 Å². The topological polar surface area (TPSA) is 165 Å². The minimum absolute atomic E-state index is 0.204. The monoisotopic (exact) mass is 879 g/mol. The van der Waals surface area contributed by atoms with Crippen LogP contribution in [0.2, 0.25) is 0 Å². The van der Waals surface area contributed by atoms with Crippen LogP contribution in [0, 0.1) is 11.2 Å². The number of imide groups is 1. The quantitative estimate of drug-likeness (QED) is 0.152. The second-order valence-corrected chi connectivity index (χ2v) is 19.4. The van der Waals surface area contributed by atoms with E-state index in [9.17, 15) is 19.5 Å². The molecule has 16 heteroatoms. The van der Waals surface area contributed by atoms with Crippen molar-refractivity contribution < 1.29 is 23.9 Å². The smallest absolute Gasteiger partial charge is 0.255 e. The molecule has 2 atom stereocenters. The molecular formula is C49H54FN11O4. The van der Waals surface area contributed by atoms with Gasteiger partial charge in [0.2, 0.25) is 17.8 Å². The van der Waals surface area contributed by atoms with E-state index in [1.54, 1.807) is 17.2 Å². The summed E-state index contributed by atoms with van der Waals surface area (Å²) >= 11 is 0. The lowest BCUT2D eigenvalue weighted by atomic mass is 9.72. The minimum Gasteiger partial charge on any atom is -0.385 e. The number of nitrogens with zero attached hydrogens (tertiary/aromatic N) is 9. The second kappa shape index (κ2) is 16.4. The molecule has 6 aliphatic heterocycles. The van der Waals surface area contributed by atoms with Crippen molar-refractivity contribution in [1.82, 2.24) is 44.7 Å². The highest BCUT2D eigenvalue weighted by molar-refractivity contribution is 6.05. The molecule has 9 heterocycles. The van der Waals surface area contributed by atoms with Crippen LogP contribution in [0.25, 0.3) is 11.3 Å². The maximum Gasteiger partial charge on any atom is 0.255 e. The van der Waals surface area contributed by atoms with Gasteiger partial charge in [-0.2, -0.15) is 5.10 Å². The first-order chi connectivity index (χ1) is 31.5. The second-order valence-electron chi connectivity index (χ2n) is 19.4. The lowest BCUT2D eigenvalue weighted by molar-refractivity contribution is -0.136. The van der Waals surface area contributed by atoms with Crippen molar-refractivity contribution in [2.45, 2.75) is 95.6 Å². The van der Waals surface area contributed by atoms with Crippen molar-refractivity contribution in [2.75, 3.05) is 49.5 Å². The molecule has 0 bridgehead atoms. The molecule has 65 heavy (non-hydrogen) atoms. The molecule has 3 amide bonds. The van der Waals surface area contributed by atoms with E-state index in [1.165, 1.54) is 17.3 Å². The molecule has 0 radical (unpaired) electrons. The fourth-order valence-corrected chi connectivity index (χ4v) is 11.2. The average molecular weight is 880 g/mol. The number of aromatic nitrogens is 5. The number of pyridine rings is 1. The van der Waals surface area contributed by atoms with Gasteiger partial charge in [0.15, 0.2) is 5.82 Å². The van der Waals surface area contributed by atoms with Crippen molar-refractivity contribution >= 4 is 35.2 Å². The van der Waals surface area contributed by atoms with Crippen LogP contribution < -0.4 is 15.5 Å². The molecule has 3 N–H and O–H groups in total. The van der Waals surface area contributed by atoms with Gasteiger partial charge >= 0.3 is 0 Å². The molecule has 3 aromatic heterocycles. The molecule has 0 aliphatic carbocycles. The third-order valence-electron chi connectivity index (χ3n) is 14.7. The van der Waals surface area contributed by atoms with E-state index in [0.717, 1.165) is 106 Å². The number of piperidine rings is 2. The summed E-state index contributed by atoms with van der Waals surface area (Å²) < 4.78 is 17.1. The molecule has 2 aromatic carbocycles. The van der Waals surface area contributed by atoms with Gasteiger partial charge in [-0.15, -0.1) is 0 Å². The van der Waals surface area contributed by atoms with Gasteiger partial charge in [-0.05, 0) is 78.5 Å². The summed E-state index contributed by atoms with van der Waals surface area (Å²) in [7, 11) is 0. The highest BCUT2D eigenvalue weighted by Crippen LogP contribution is 2.43. The van der Waals surface area contributed by atoms with E-state index in [1.807, 2.05) is 29.1 Å². The highest BCUT2D eigenvalue weighted by atomic mass is 19.1. The van der Waals surface area contributed by atoms with Crippen LogP contribution in [-0.4, -0.2) is 108 Å². The zero-order valence-electron chi connectivity index (χ0n) is 36.7. The maximum absolute atomic E-state index is 15.1. The zero-order valence-corrected chi connectivity index (χ0v) is 36.7.